The van der Waals surface area contributed by atoms with Crippen LogP contribution in [0.2, 0.25) is 0 Å². The number of hydrogen-bond acceptors (Lipinski definition) is 6. The molecule has 7 nitrogen and oxygen atoms in total. The van der Waals surface area contributed by atoms with E-state index in [2.05, 4.69) is 68.4 Å². The van der Waals surface area contributed by atoms with Crippen LogP contribution in [0, 0.1) is 0 Å². The zero-order valence-electron chi connectivity index (χ0n) is 18.0. The van der Waals surface area contributed by atoms with Crippen LogP contribution in [0.4, 0.5) is 5.82 Å². The highest BCUT2D eigenvalue weighted by Gasteiger charge is 2.15. The van der Waals surface area contributed by atoms with Crippen LogP contribution in [0.25, 0.3) is 22.2 Å². The summed E-state index contributed by atoms with van der Waals surface area (Å²) in [5.74, 6) is 0.987. The number of hydrogen-bond donors (Lipinski definition) is 2. The molecule has 1 saturated heterocycles. The number of ether oxygens (including phenoxy) is 1. The second kappa shape index (κ2) is 10.0. The molecule has 1 aromatic carbocycles. The van der Waals surface area contributed by atoms with E-state index in [4.69, 9.17) is 4.74 Å². The summed E-state index contributed by atoms with van der Waals surface area (Å²) in [6.45, 7) is 12.8. The summed E-state index contributed by atoms with van der Waals surface area (Å²) in [6.07, 6.45) is 1.87. The van der Waals surface area contributed by atoms with Crippen molar-refractivity contribution >= 4 is 16.7 Å². The highest BCUT2D eigenvalue weighted by atomic mass is 16.5. The molecule has 0 spiro atoms. The predicted molar refractivity (Wildman–Crippen MR) is 122 cm³/mol. The number of aromatic nitrogens is 3. The van der Waals surface area contributed by atoms with Crippen LogP contribution in [0.1, 0.15) is 19.4 Å². The number of anilines is 1. The summed E-state index contributed by atoms with van der Waals surface area (Å²) in [6, 6.07) is 10.7. The van der Waals surface area contributed by atoms with Crippen molar-refractivity contribution < 1.29 is 4.74 Å². The van der Waals surface area contributed by atoms with Gasteiger partial charge in [-0.3, -0.25) is 5.10 Å². The molecule has 7 heteroatoms. The number of pyridine rings is 1. The Kier molecular flexibility index (Phi) is 6.94. The number of rotatable bonds is 9. The SMILES string of the molecule is CCN(CC)CCNCc1ccc2[nH]nc(-c3ccnc(N4CCOCC4)c3)c2c1. The van der Waals surface area contributed by atoms with Gasteiger partial charge in [0.05, 0.1) is 18.7 Å². The van der Waals surface area contributed by atoms with E-state index < -0.39 is 0 Å². The summed E-state index contributed by atoms with van der Waals surface area (Å²) in [4.78, 5) is 9.27. The van der Waals surface area contributed by atoms with E-state index in [9.17, 15) is 0 Å². The van der Waals surface area contributed by atoms with Gasteiger partial charge < -0.3 is 19.9 Å². The molecule has 4 rings (SSSR count). The molecule has 2 aromatic heterocycles. The van der Waals surface area contributed by atoms with E-state index in [-0.39, 0.29) is 0 Å². The van der Waals surface area contributed by atoms with Crippen molar-refractivity contribution in [2.45, 2.75) is 20.4 Å². The van der Waals surface area contributed by atoms with Crippen molar-refractivity contribution in [2.24, 2.45) is 0 Å². The van der Waals surface area contributed by atoms with Crippen molar-refractivity contribution in [3.8, 4) is 11.3 Å². The summed E-state index contributed by atoms with van der Waals surface area (Å²) < 4.78 is 5.47. The first kappa shape index (κ1) is 20.8. The molecule has 30 heavy (non-hydrogen) atoms. The first-order valence-corrected chi connectivity index (χ1v) is 11.0. The number of nitrogens with one attached hydrogen (secondary N) is 2. The minimum atomic E-state index is 0.752. The lowest BCUT2D eigenvalue weighted by molar-refractivity contribution is 0.122. The van der Waals surface area contributed by atoms with Crippen LogP contribution in [0.3, 0.4) is 0 Å². The largest absolute Gasteiger partial charge is 0.378 e. The molecule has 0 radical (unpaired) electrons. The smallest absolute Gasteiger partial charge is 0.129 e. The Morgan fingerprint density at radius 1 is 1.13 bits per heavy atom. The van der Waals surface area contributed by atoms with Gasteiger partial charge in [0.25, 0.3) is 0 Å². The Labute approximate surface area is 178 Å². The van der Waals surface area contributed by atoms with Crippen molar-refractivity contribution in [3.63, 3.8) is 0 Å². The van der Waals surface area contributed by atoms with Gasteiger partial charge in [0, 0.05) is 49.9 Å². The van der Waals surface area contributed by atoms with Crippen LogP contribution < -0.4 is 10.2 Å². The molecule has 0 aliphatic carbocycles. The van der Waals surface area contributed by atoms with E-state index in [1.807, 2.05) is 12.3 Å². The van der Waals surface area contributed by atoms with Gasteiger partial charge in [0.2, 0.25) is 0 Å². The molecule has 2 N–H and O–H groups in total. The number of fused-ring (bicyclic) bond motifs is 1. The fraction of sp³-hybridized carbons (Fsp3) is 0.478. The third-order valence-corrected chi connectivity index (χ3v) is 5.81. The second-order valence-corrected chi connectivity index (χ2v) is 7.66. The number of benzene rings is 1. The van der Waals surface area contributed by atoms with E-state index in [0.717, 1.165) is 87.0 Å². The number of nitrogens with zero attached hydrogens (tertiary/aromatic N) is 4. The maximum Gasteiger partial charge on any atom is 0.129 e. The minimum Gasteiger partial charge on any atom is -0.378 e. The fourth-order valence-electron chi connectivity index (χ4n) is 3.93. The highest BCUT2D eigenvalue weighted by Crippen LogP contribution is 2.29. The average molecular weight is 409 g/mol. The number of likely N-dealkylation sites (N-methyl/N-ethyl adjacent to an activating group) is 1. The van der Waals surface area contributed by atoms with Crippen LogP contribution in [-0.4, -0.2) is 72.6 Å². The number of aromatic amines is 1. The zero-order valence-corrected chi connectivity index (χ0v) is 18.0. The van der Waals surface area contributed by atoms with Crippen LogP contribution in [0.5, 0.6) is 0 Å². The Balaban J connectivity index is 1.49. The first-order valence-electron chi connectivity index (χ1n) is 11.0. The topological polar surface area (TPSA) is 69.3 Å². The molecule has 3 aromatic rings. The molecule has 1 aliphatic heterocycles. The van der Waals surface area contributed by atoms with Gasteiger partial charge in [-0.1, -0.05) is 19.9 Å². The maximum atomic E-state index is 5.47. The molecule has 0 unspecified atom stereocenters. The third-order valence-electron chi connectivity index (χ3n) is 5.81. The van der Waals surface area contributed by atoms with Crippen molar-refractivity contribution in [2.75, 3.05) is 57.4 Å². The van der Waals surface area contributed by atoms with Crippen LogP contribution in [0.15, 0.2) is 36.5 Å². The maximum absolute atomic E-state index is 5.47. The molecule has 0 atom stereocenters. The molecular weight excluding hydrogens is 376 g/mol. The van der Waals surface area contributed by atoms with E-state index in [1.165, 1.54) is 5.56 Å². The Morgan fingerprint density at radius 3 is 2.77 bits per heavy atom. The quantitative estimate of drug-likeness (QED) is 0.531. The summed E-state index contributed by atoms with van der Waals surface area (Å²) in [5.41, 5.74) is 4.39. The van der Waals surface area contributed by atoms with Gasteiger partial charge in [-0.25, -0.2) is 4.98 Å². The summed E-state index contributed by atoms with van der Waals surface area (Å²) in [7, 11) is 0. The van der Waals surface area contributed by atoms with Gasteiger partial charge in [-0.05, 0) is 42.9 Å². The van der Waals surface area contributed by atoms with E-state index in [1.54, 1.807) is 0 Å². The normalized spacial score (nSPS) is 14.7. The molecular formula is C23H32N6O. The first-order chi connectivity index (χ1) is 14.8. The van der Waals surface area contributed by atoms with E-state index >= 15 is 0 Å². The highest BCUT2D eigenvalue weighted by molar-refractivity contribution is 5.93. The number of H-pyrrole nitrogens is 1. The molecule has 1 fully saturated rings. The standard InChI is InChI=1S/C23H32N6O/c1-3-28(4-2)10-9-24-17-18-5-6-21-20(15-18)23(27-26-21)19-7-8-25-22(16-19)29-11-13-30-14-12-29/h5-8,15-16,24H,3-4,9-14,17H2,1-2H3,(H,26,27). The zero-order chi connectivity index (χ0) is 20.8. The van der Waals surface area contributed by atoms with Gasteiger partial charge in [-0.15, -0.1) is 0 Å². The van der Waals surface area contributed by atoms with Crippen molar-refractivity contribution in [1.29, 1.82) is 0 Å². The fourth-order valence-corrected chi connectivity index (χ4v) is 3.93. The monoisotopic (exact) mass is 408 g/mol. The van der Waals surface area contributed by atoms with Gasteiger partial charge >= 0.3 is 0 Å². The van der Waals surface area contributed by atoms with Crippen LogP contribution >= 0.6 is 0 Å². The minimum absolute atomic E-state index is 0.752. The molecule has 3 heterocycles. The predicted octanol–water partition coefficient (Wildman–Crippen LogP) is 2.89. The Morgan fingerprint density at radius 2 is 1.97 bits per heavy atom. The Bertz CT molecular complexity index is 946. The lowest BCUT2D eigenvalue weighted by atomic mass is 10.1. The van der Waals surface area contributed by atoms with E-state index in [0.29, 0.717) is 0 Å². The van der Waals surface area contributed by atoms with Crippen molar-refractivity contribution in [3.05, 3.63) is 42.1 Å². The average Bonchev–Trinajstić information content (AvgIpc) is 3.23. The number of morpholine rings is 1. The van der Waals surface area contributed by atoms with Gasteiger partial charge in [0.1, 0.15) is 11.5 Å². The third kappa shape index (κ3) is 4.80. The molecule has 1 aliphatic rings. The van der Waals surface area contributed by atoms with Gasteiger partial charge in [0.15, 0.2) is 0 Å². The molecule has 0 amide bonds. The lowest BCUT2D eigenvalue weighted by Crippen LogP contribution is -2.36. The molecule has 160 valence electrons. The summed E-state index contributed by atoms with van der Waals surface area (Å²) in [5, 5.41) is 12.5. The van der Waals surface area contributed by atoms with Gasteiger partial charge in [-0.2, -0.15) is 5.10 Å². The summed E-state index contributed by atoms with van der Waals surface area (Å²) >= 11 is 0. The van der Waals surface area contributed by atoms with Crippen molar-refractivity contribution in [1.82, 2.24) is 25.4 Å². The Hall–Kier alpha value is -2.48. The molecule has 0 bridgehead atoms. The second-order valence-electron chi connectivity index (χ2n) is 7.66. The van der Waals surface area contributed by atoms with Crippen LogP contribution in [-0.2, 0) is 11.3 Å². The lowest BCUT2D eigenvalue weighted by Gasteiger charge is -2.27. The molecule has 0 saturated carbocycles.